The summed E-state index contributed by atoms with van der Waals surface area (Å²) in [5.41, 5.74) is 1.21. The second-order valence-electron chi connectivity index (χ2n) is 7.13. The molecule has 0 bridgehead atoms. The van der Waals surface area contributed by atoms with Crippen molar-refractivity contribution in [3.05, 3.63) is 66.2 Å². The van der Waals surface area contributed by atoms with Crippen LogP contribution < -0.4 is 9.47 Å². The van der Waals surface area contributed by atoms with Gasteiger partial charge in [-0.3, -0.25) is 9.69 Å². The van der Waals surface area contributed by atoms with Crippen molar-refractivity contribution in [2.45, 2.75) is 19.4 Å². The number of hydrogen-bond acceptors (Lipinski definition) is 4. The highest BCUT2D eigenvalue weighted by atomic mass is 16.5. The van der Waals surface area contributed by atoms with Crippen LogP contribution in [0.2, 0.25) is 0 Å². The Bertz CT molecular complexity index is 799. The molecule has 0 aromatic heterocycles. The van der Waals surface area contributed by atoms with Gasteiger partial charge in [-0.05, 0) is 24.1 Å². The van der Waals surface area contributed by atoms with Crippen LogP contribution in [0.25, 0.3) is 6.08 Å². The van der Waals surface area contributed by atoms with Gasteiger partial charge in [0.15, 0.2) is 6.10 Å². The molecule has 1 heterocycles. The summed E-state index contributed by atoms with van der Waals surface area (Å²) in [4.78, 5) is 17.2. The van der Waals surface area contributed by atoms with E-state index in [0.717, 1.165) is 38.5 Å². The second kappa shape index (κ2) is 10.7. The molecule has 1 aliphatic rings. The van der Waals surface area contributed by atoms with Gasteiger partial charge in [-0.1, -0.05) is 55.5 Å². The quantitative estimate of drug-likeness (QED) is 0.685. The number of piperazine rings is 1. The fraction of sp³-hybridized carbons (Fsp3) is 0.375. The summed E-state index contributed by atoms with van der Waals surface area (Å²) >= 11 is 0. The van der Waals surface area contributed by atoms with Gasteiger partial charge >= 0.3 is 0 Å². The van der Waals surface area contributed by atoms with Crippen molar-refractivity contribution < 1.29 is 14.3 Å². The molecule has 29 heavy (non-hydrogen) atoms. The Morgan fingerprint density at radius 3 is 2.45 bits per heavy atom. The van der Waals surface area contributed by atoms with Crippen LogP contribution in [0.15, 0.2) is 60.7 Å². The fourth-order valence-electron chi connectivity index (χ4n) is 3.40. The largest absolute Gasteiger partial charge is 0.497 e. The van der Waals surface area contributed by atoms with Crippen LogP contribution in [-0.2, 0) is 4.79 Å². The predicted octanol–water partition coefficient (Wildman–Crippen LogP) is 3.71. The van der Waals surface area contributed by atoms with Crippen LogP contribution >= 0.6 is 0 Å². The molecule has 0 spiro atoms. The van der Waals surface area contributed by atoms with Gasteiger partial charge in [0.05, 0.1) is 7.11 Å². The maximum Gasteiger partial charge on any atom is 0.263 e. The number of methoxy groups -OCH3 is 1. The number of ether oxygens (including phenoxy) is 2. The van der Waals surface area contributed by atoms with Gasteiger partial charge in [-0.25, -0.2) is 0 Å². The second-order valence-corrected chi connectivity index (χ2v) is 7.13. The Labute approximate surface area is 173 Å². The van der Waals surface area contributed by atoms with E-state index in [1.165, 1.54) is 5.56 Å². The Morgan fingerprint density at radius 2 is 1.76 bits per heavy atom. The van der Waals surface area contributed by atoms with Gasteiger partial charge in [-0.15, -0.1) is 0 Å². The normalized spacial score (nSPS) is 16.0. The third kappa shape index (κ3) is 6.09. The molecule has 2 aromatic rings. The maximum absolute atomic E-state index is 12.9. The predicted molar refractivity (Wildman–Crippen MR) is 116 cm³/mol. The lowest BCUT2D eigenvalue weighted by atomic mass is 10.2. The number of amides is 1. The lowest BCUT2D eigenvalue weighted by Crippen LogP contribution is -2.52. The van der Waals surface area contributed by atoms with Crippen LogP contribution in [0.5, 0.6) is 11.5 Å². The molecule has 1 amide bonds. The summed E-state index contributed by atoms with van der Waals surface area (Å²) in [5, 5.41) is 0. The third-order valence-corrected chi connectivity index (χ3v) is 5.12. The van der Waals surface area contributed by atoms with Crippen molar-refractivity contribution in [3.63, 3.8) is 0 Å². The first-order valence-electron chi connectivity index (χ1n) is 10.2. The van der Waals surface area contributed by atoms with Crippen LogP contribution in [0.3, 0.4) is 0 Å². The Morgan fingerprint density at radius 1 is 1.03 bits per heavy atom. The molecule has 0 unspecified atom stereocenters. The molecule has 5 nitrogen and oxygen atoms in total. The van der Waals surface area contributed by atoms with Crippen molar-refractivity contribution in [1.29, 1.82) is 0 Å². The van der Waals surface area contributed by atoms with E-state index in [-0.39, 0.29) is 5.91 Å². The molecular formula is C24H30N2O3. The number of carbonyl (C=O) groups excluding carboxylic acids is 1. The molecule has 2 aromatic carbocycles. The number of benzene rings is 2. The molecular weight excluding hydrogens is 364 g/mol. The van der Waals surface area contributed by atoms with Crippen LogP contribution in [0.4, 0.5) is 0 Å². The Balaban J connectivity index is 1.48. The first-order valence-corrected chi connectivity index (χ1v) is 10.2. The minimum absolute atomic E-state index is 0.0646. The molecule has 0 aliphatic carbocycles. The summed E-state index contributed by atoms with van der Waals surface area (Å²) in [7, 11) is 1.62. The fourth-order valence-corrected chi connectivity index (χ4v) is 3.40. The average Bonchev–Trinajstić information content (AvgIpc) is 2.78. The van der Waals surface area contributed by atoms with E-state index in [9.17, 15) is 4.79 Å². The SMILES string of the molecule is CC[C@@H](Oc1cccc(OC)c1)C(=O)N1CCN(C/C=C/c2ccccc2)CC1. The molecule has 1 atom stereocenters. The van der Waals surface area contributed by atoms with E-state index < -0.39 is 6.10 Å². The number of hydrogen-bond donors (Lipinski definition) is 0. The molecule has 1 saturated heterocycles. The van der Waals surface area contributed by atoms with Crippen molar-refractivity contribution >= 4 is 12.0 Å². The van der Waals surface area contributed by atoms with Crippen LogP contribution in [0, 0.1) is 0 Å². The lowest BCUT2D eigenvalue weighted by Gasteiger charge is -2.35. The zero-order valence-electron chi connectivity index (χ0n) is 17.3. The van der Waals surface area contributed by atoms with Crippen molar-refractivity contribution in [3.8, 4) is 11.5 Å². The number of carbonyl (C=O) groups is 1. The van der Waals surface area contributed by atoms with Gasteiger partial charge in [-0.2, -0.15) is 0 Å². The van der Waals surface area contributed by atoms with Crippen LogP contribution in [0.1, 0.15) is 18.9 Å². The van der Waals surface area contributed by atoms with Gasteiger partial charge in [0.1, 0.15) is 11.5 Å². The van der Waals surface area contributed by atoms with Gasteiger partial charge in [0.25, 0.3) is 5.91 Å². The van der Waals surface area contributed by atoms with Crippen molar-refractivity contribution in [1.82, 2.24) is 9.80 Å². The number of nitrogens with zero attached hydrogens (tertiary/aromatic N) is 2. The highest BCUT2D eigenvalue weighted by molar-refractivity contribution is 5.81. The minimum atomic E-state index is -0.466. The first kappa shape index (κ1) is 20.9. The zero-order valence-corrected chi connectivity index (χ0v) is 17.3. The highest BCUT2D eigenvalue weighted by Crippen LogP contribution is 2.21. The average molecular weight is 395 g/mol. The van der Waals surface area contributed by atoms with E-state index in [4.69, 9.17) is 9.47 Å². The van der Waals surface area contributed by atoms with E-state index in [1.807, 2.05) is 54.3 Å². The third-order valence-electron chi connectivity index (χ3n) is 5.12. The standard InChI is InChI=1S/C24H30N2O3/c1-3-23(29-22-13-7-12-21(19-22)28-2)24(27)26-17-15-25(16-18-26)14-8-11-20-9-5-4-6-10-20/h4-13,19,23H,3,14-18H2,1-2H3/b11-8+/t23-/m1/s1. The topological polar surface area (TPSA) is 42.0 Å². The number of rotatable bonds is 8. The molecule has 0 N–H and O–H groups in total. The molecule has 5 heteroatoms. The summed E-state index contributed by atoms with van der Waals surface area (Å²) < 4.78 is 11.2. The molecule has 0 radical (unpaired) electrons. The zero-order chi connectivity index (χ0) is 20.5. The maximum atomic E-state index is 12.9. The van der Waals surface area contributed by atoms with Crippen molar-refractivity contribution in [2.24, 2.45) is 0 Å². The molecule has 1 fully saturated rings. The summed E-state index contributed by atoms with van der Waals surface area (Å²) in [6.07, 6.45) is 4.50. The monoisotopic (exact) mass is 394 g/mol. The van der Waals surface area contributed by atoms with Crippen molar-refractivity contribution in [2.75, 3.05) is 39.8 Å². The van der Waals surface area contributed by atoms with Crippen LogP contribution in [-0.4, -0.2) is 61.6 Å². The van der Waals surface area contributed by atoms with E-state index in [0.29, 0.717) is 12.2 Å². The summed E-state index contributed by atoms with van der Waals surface area (Å²) in [6, 6.07) is 17.7. The van der Waals surface area contributed by atoms with Gasteiger partial charge < -0.3 is 14.4 Å². The Kier molecular flexibility index (Phi) is 7.70. The first-order chi connectivity index (χ1) is 14.2. The molecule has 1 aliphatic heterocycles. The lowest BCUT2D eigenvalue weighted by molar-refractivity contribution is -0.140. The molecule has 154 valence electrons. The molecule has 3 rings (SSSR count). The van der Waals surface area contributed by atoms with Gasteiger partial charge in [0.2, 0.25) is 0 Å². The van der Waals surface area contributed by atoms with Gasteiger partial charge in [0, 0.05) is 38.8 Å². The minimum Gasteiger partial charge on any atom is -0.497 e. The molecule has 0 saturated carbocycles. The van der Waals surface area contributed by atoms with E-state index in [1.54, 1.807) is 7.11 Å². The summed E-state index contributed by atoms with van der Waals surface area (Å²) in [6.45, 7) is 6.09. The smallest absolute Gasteiger partial charge is 0.263 e. The highest BCUT2D eigenvalue weighted by Gasteiger charge is 2.27. The van der Waals surface area contributed by atoms with E-state index in [2.05, 4.69) is 29.2 Å². The van der Waals surface area contributed by atoms with E-state index >= 15 is 0 Å². The summed E-state index contributed by atoms with van der Waals surface area (Å²) in [5.74, 6) is 1.45. The Hall–Kier alpha value is -2.79.